The summed E-state index contributed by atoms with van der Waals surface area (Å²) < 4.78 is 50.3. The molecule has 0 aliphatic carbocycles. The molecule has 0 saturated carbocycles. The summed E-state index contributed by atoms with van der Waals surface area (Å²) in [5.74, 6) is -3.75. The minimum atomic E-state index is -4.20. The monoisotopic (exact) mass is 313 g/mol. The average molecular weight is 314 g/mol. The highest BCUT2D eigenvalue weighted by molar-refractivity contribution is 7.91. The summed E-state index contributed by atoms with van der Waals surface area (Å²) in [6, 6.07) is 0.708. The standard InChI is InChI=1S/C10H10ClF2NO4S/c1-6(4-11)5-19(17,18)9-3-7(12)2-8(13)10(9)14(15)16/h2-3,6H,4-5H2,1H3. The molecular weight excluding hydrogens is 304 g/mol. The molecule has 1 aromatic rings. The van der Waals surface area contributed by atoms with Gasteiger partial charge in [0, 0.05) is 11.9 Å². The number of nitro groups is 1. The molecule has 0 aromatic heterocycles. The van der Waals surface area contributed by atoms with E-state index in [4.69, 9.17) is 11.6 Å². The largest absolute Gasteiger partial charge is 0.323 e. The van der Waals surface area contributed by atoms with Gasteiger partial charge in [-0.1, -0.05) is 6.92 Å². The van der Waals surface area contributed by atoms with Gasteiger partial charge >= 0.3 is 5.69 Å². The van der Waals surface area contributed by atoms with E-state index in [0.717, 1.165) is 0 Å². The van der Waals surface area contributed by atoms with E-state index < -0.39 is 48.6 Å². The van der Waals surface area contributed by atoms with E-state index >= 15 is 0 Å². The van der Waals surface area contributed by atoms with Crippen LogP contribution in [0.5, 0.6) is 0 Å². The summed E-state index contributed by atoms with van der Waals surface area (Å²) in [4.78, 5) is 8.56. The highest BCUT2D eigenvalue weighted by atomic mass is 35.5. The third-order valence-electron chi connectivity index (χ3n) is 2.28. The van der Waals surface area contributed by atoms with Crippen molar-refractivity contribution in [3.8, 4) is 0 Å². The highest BCUT2D eigenvalue weighted by Crippen LogP contribution is 2.29. The Morgan fingerprint density at radius 1 is 1.42 bits per heavy atom. The molecule has 0 spiro atoms. The van der Waals surface area contributed by atoms with Gasteiger partial charge in [-0.2, -0.15) is 4.39 Å². The predicted octanol–water partition coefficient (Wildman–Crippen LogP) is 2.52. The van der Waals surface area contributed by atoms with Crippen LogP contribution < -0.4 is 0 Å². The predicted molar refractivity (Wildman–Crippen MR) is 64.9 cm³/mol. The van der Waals surface area contributed by atoms with Crippen LogP contribution in [-0.4, -0.2) is 25.0 Å². The van der Waals surface area contributed by atoms with Gasteiger partial charge in [-0.15, -0.1) is 11.6 Å². The molecule has 5 nitrogen and oxygen atoms in total. The maximum Gasteiger partial charge on any atom is 0.323 e. The van der Waals surface area contributed by atoms with Gasteiger partial charge in [0.25, 0.3) is 0 Å². The molecule has 1 aromatic carbocycles. The second-order valence-electron chi connectivity index (χ2n) is 4.03. The second-order valence-corrected chi connectivity index (χ2v) is 6.34. The second kappa shape index (κ2) is 5.79. The number of benzene rings is 1. The van der Waals surface area contributed by atoms with Crippen LogP contribution in [0, 0.1) is 27.7 Å². The first-order valence-corrected chi connectivity index (χ1v) is 7.30. The van der Waals surface area contributed by atoms with Crippen molar-refractivity contribution in [3.63, 3.8) is 0 Å². The molecule has 0 aliphatic heterocycles. The van der Waals surface area contributed by atoms with E-state index in [1.807, 2.05) is 0 Å². The number of rotatable bonds is 5. The van der Waals surface area contributed by atoms with E-state index in [-0.39, 0.29) is 11.9 Å². The first-order valence-electron chi connectivity index (χ1n) is 5.11. The van der Waals surface area contributed by atoms with Gasteiger partial charge in [-0.3, -0.25) is 10.1 Å². The molecule has 19 heavy (non-hydrogen) atoms. The molecular formula is C10H10ClF2NO4S. The van der Waals surface area contributed by atoms with Crippen molar-refractivity contribution in [2.75, 3.05) is 11.6 Å². The molecule has 0 bridgehead atoms. The van der Waals surface area contributed by atoms with Crippen LogP contribution >= 0.6 is 11.6 Å². The van der Waals surface area contributed by atoms with E-state index in [2.05, 4.69) is 0 Å². The Morgan fingerprint density at radius 3 is 2.47 bits per heavy atom. The lowest BCUT2D eigenvalue weighted by Crippen LogP contribution is -2.17. The molecule has 0 heterocycles. The zero-order valence-corrected chi connectivity index (χ0v) is 11.3. The number of nitrogens with zero attached hydrogens (tertiary/aromatic N) is 1. The number of nitro benzene ring substituents is 1. The third kappa shape index (κ3) is 3.60. The van der Waals surface area contributed by atoms with Gasteiger partial charge in [-0.05, 0) is 12.0 Å². The quantitative estimate of drug-likeness (QED) is 0.475. The van der Waals surface area contributed by atoms with Gasteiger partial charge in [0.2, 0.25) is 5.82 Å². The molecule has 1 unspecified atom stereocenters. The molecule has 0 saturated heterocycles. The van der Waals surface area contributed by atoms with E-state index in [1.165, 1.54) is 6.92 Å². The minimum absolute atomic E-state index is 0.00479. The SMILES string of the molecule is CC(CCl)CS(=O)(=O)c1cc(F)cc(F)c1[N+](=O)[O-]. The lowest BCUT2D eigenvalue weighted by molar-refractivity contribution is -0.390. The van der Waals surface area contributed by atoms with Gasteiger partial charge in [0.15, 0.2) is 14.7 Å². The Morgan fingerprint density at radius 2 is 2.00 bits per heavy atom. The molecule has 0 N–H and O–H groups in total. The van der Waals surface area contributed by atoms with Crippen molar-refractivity contribution in [2.45, 2.75) is 11.8 Å². The van der Waals surface area contributed by atoms with Crippen LogP contribution in [-0.2, 0) is 9.84 Å². The zero-order valence-electron chi connectivity index (χ0n) is 9.77. The van der Waals surface area contributed by atoms with Crippen LogP contribution in [0.1, 0.15) is 6.92 Å². The van der Waals surface area contributed by atoms with E-state index in [9.17, 15) is 27.3 Å². The maximum atomic E-state index is 13.3. The minimum Gasteiger partial charge on any atom is -0.258 e. The fourth-order valence-electron chi connectivity index (χ4n) is 1.47. The zero-order chi connectivity index (χ0) is 14.8. The number of sulfone groups is 1. The summed E-state index contributed by atoms with van der Waals surface area (Å²) >= 11 is 5.46. The molecule has 0 amide bonds. The first kappa shape index (κ1) is 15.8. The van der Waals surface area contributed by atoms with Crippen LogP contribution in [0.25, 0.3) is 0 Å². The molecule has 0 aliphatic rings. The number of hydrogen-bond acceptors (Lipinski definition) is 4. The van der Waals surface area contributed by atoms with Crippen molar-refractivity contribution in [3.05, 3.63) is 33.9 Å². The van der Waals surface area contributed by atoms with Crippen LogP contribution in [0.2, 0.25) is 0 Å². The molecule has 0 fully saturated rings. The normalized spacial score (nSPS) is 13.3. The van der Waals surface area contributed by atoms with Gasteiger partial charge in [0.1, 0.15) is 5.82 Å². The fraction of sp³-hybridized carbons (Fsp3) is 0.400. The summed E-state index contributed by atoms with van der Waals surface area (Å²) in [6.07, 6.45) is 0. The molecule has 1 atom stereocenters. The lowest BCUT2D eigenvalue weighted by atomic mass is 10.3. The van der Waals surface area contributed by atoms with Crippen molar-refractivity contribution < 1.29 is 22.1 Å². The van der Waals surface area contributed by atoms with Gasteiger partial charge in [0.05, 0.1) is 10.7 Å². The fourth-order valence-corrected chi connectivity index (χ4v) is 3.51. The summed E-state index contributed by atoms with van der Waals surface area (Å²) in [5.41, 5.74) is -1.25. The average Bonchev–Trinajstić information content (AvgIpc) is 2.26. The van der Waals surface area contributed by atoms with Crippen molar-refractivity contribution in [1.29, 1.82) is 0 Å². The lowest BCUT2D eigenvalue weighted by Gasteiger charge is -2.09. The Labute approximate surface area is 113 Å². The Bertz CT molecular complexity index is 606. The Hall–Kier alpha value is -1.28. The van der Waals surface area contributed by atoms with Crippen LogP contribution in [0.3, 0.4) is 0 Å². The first-order chi connectivity index (χ1) is 8.69. The van der Waals surface area contributed by atoms with Crippen LogP contribution in [0.4, 0.5) is 14.5 Å². The maximum absolute atomic E-state index is 13.3. The molecule has 0 radical (unpaired) electrons. The molecule has 1 rings (SSSR count). The van der Waals surface area contributed by atoms with Gasteiger partial charge < -0.3 is 0 Å². The Balaban J connectivity index is 3.45. The van der Waals surface area contributed by atoms with E-state index in [0.29, 0.717) is 6.07 Å². The summed E-state index contributed by atoms with van der Waals surface area (Å²) in [7, 11) is -4.20. The topological polar surface area (TPSA) is 77.3 Å². The summed E-state index contributed by atoms with van der Waals surface area (Å²) in [5, 5.41) is 10.7. The summed E-state index contributed by atoms with van der Waals surface area (Å²) in [6.45, 7) is 1.51. The molecule has 9 heteroatoms. The molecule has 106 valence electrons. The number of halogens is 3. The van der Waals surface area contributed by atoms with Crippen molar-refractivity contribution >= 4 is 27.1 Å². The van der Waals surface area contributed by atoms with Gasteiger partial charge in [-0.25, -0.2) is 12.8 Å². The number of alkyl halides is 1. The van der Waals surface area contributed by atoms with Crippen molar-refractivity contribution in [1.82, 2.24) is 0 Å². The van der Waals surface area contributed by atoms with Crippen molar-refractivity contribution in [2.24, 2.45) is 5.92 Å². The van der Waals surface area contributed by atoms with Crippen LogP contribution in [0.15, 0.2) is 17.0 Å². The third-order valence-corrected chi connectivity index (χ3v) is 4.79. The van der Waals surface area contributed by atoms with E-state index in [1.54, 1.807) is 0 Å². The highest BCUT2D eigenvalue weighted by Gasteiger charge is 2.31. The number of hydrogen-bond donors (Lipinski definition) is 0. The Kier molecular flexibility index (Phi) is 4.81. The smallest absolute Gasteiger partial charge is 0.258 e.